The normalized spacial score (nSPS) is 23.6. The predicted octanol–water partition coefficient (Wildman–Crippen LogP) is 1.46. The largest absolute Gasteiger partial charge is 0.396 e. The van der Waals surface area contributed by atoms with Crippen molar-refractivity contribution in [3.63, 3.8) is 0 Å². The van der Waals surface area contributed by atoms with Crippen molar-refractivity contribution in [1.82, 2.24) is 14.1 Å². The van der Waals surface area contributed by atoms with Gasteiger partial charge in [-0.1, -0.05) is 19.8 Å². The molecule has 0 radical (unpaired) electrons. The minimum Gasteiger partial charge on any atom is -0.396 e. The summed E-state index contributed by atoms with van der Waals surface area (Å²) >= 11 is 0. The highest BCUT2D eigenvalue weighted by Crippen LogP contribution is 2.30. The van der Waals surface area contributed by atoms with Crippen molar-refractivity contribution >= 4 is 10.0 Å². The van der Waals surface area contributed by atoms with Gasteiger partial charge in [-0.3, -0.25) is 4.68 Å². The number of sulfonamides is 1. The Morgan fingerprint density at radius 2 is 2.14 bits per heavy atom. The first kappa shape index (κ1) is 16.5. The number of nitrogens with zero attached hydrogens (tertiary/aromatic N) is 3. The van der Waals surface area contributed by atoms with Gasteiger partial charge in [0.2, 0.25) is 10.0 Å². The molecule has 21 heavy (non-hydrogen) atoms. The van der Waals surface area contributed by atoms with Gasteiger partial charge in [0.05, 0.1) is 6.20 Å². The zero-order valence-corrected chi connectivity index (χ0v) is 13.6. The van der Waals surface area contributed by atoms with Gasteiger partial charge in [0, 0.05) is 32.4 Å². The Hall–Kier alpha value is -0.920. The first-order chi connectivity index (χ1) is 9.96. The van der Waals surface area contributed by atoms with Gasteiger partial charge in [-0.2, -0.15) is 9.40 Å². The van der Waals surface area contributed by atoms with Crippen LogP contribution in [0.25, 0.3) is 0 Å². The summed E-state index contributed by atoms with van der Waals surface area (Å²) < 4.78 is 28.5. The minimum absolute atomic E-state index is 0.0709. The van der Waals surface area contributed by atoms with E-state index in [1.54, 1.807) is 17.9 Å². The van der Waals surface area contributed by atoms with E-state index in [1.807, 2.05) is 0 Å². The van der Waals surface area contributed by atoms with Crippen molar-refractivity contribution in [3.05, 3.63) is 12.4 Å². The number of hydrogen-bond acceptors (Lipinski definition) is 4. The molecule has 1 aromatic heterocycles. The van der Waals surface area contributed by atoms with Crippen LogP contribution in [0.2, 0.25) is 0 Å². The molecule has 1 N–H and O–H groups in total. The first-order valence-corrected chi connectivity index (χ1v) is 9.02. The molecule has 6 nitrogen and oxygen atoms in total. The van der Waals surface area contributed by atoms with Gasteiger partial charge in [0.25, 0.3) is 0 Å². The third-order valence-corrected chi connectivity index (χ3v) is 6.20. The lowest BCUT2D eigenvalue weighted by Gasteiger charge is -2.35. The summed E-state index contributed by atoms with van der Waals surface area (Å²) in [5, 5.41) is 12.9. The zero-order chi connectivity index (χ0) is 15.5. The minimum atomic E-state index is -3.49. The predicted molar refractivity (Wildman–Crippen MR) is 80.3 cm³/mol. The molecule has 7 heteroatoms. The molecule has 120 valence electrons. The Kier molecular flexibility index (Phi) is 5.40. The lowest BCUT2D eigenvalue weighted by molar-refractivity contribution is 0.213. The van der Waals surface area contributed by atoms with Crippen LogP contribution in [-0.2, 0) is 16.6 Å². The Bertz CT molecular complexity index is 556. The van der Waals surface area contributed by atoms with Crippen molar-refractivity contribution in [2.45, 2.75) is 56.5 Å². The van der Waals surface area contributed by atoms with Gasteiger partial charge >= 0.3 is 0 Å². The summed E-state index contributed by atoms with van der Waals surface area (Å²) in [6.45, 7) is 2.72. The molecule has 1 aromatic rings. The third-order valence-electron chi connectivity index (χ3n) is 4.37. The second-order valence-corrected chi connectivity index (χ2v) is 7.86. The summed E-state index contributed by atoms with van der Waals surface area (Å²) in [6, 6.07) is 0.0736. The molecule has 2 atom stereocenters. The second-order valence-electron chi connectivity index (χ2n) is 5.87. The van der Waals surface area contributed by atoms with Crippen LogP contribution in [0.15, 0.2) is 17.3 Å². The molecule has 0 amide bonds. The highest BCUT2D eigenvalue weighted by molar-refractivity contribution is 7.89. The van der Waals surface area contributed by atoms with Crippen molar-refractivity contribution in [2.75, 3.05) is 13.7 Å². The van der Waals surface area contributed by atoms with Crippen LogP contribution in [0.1, 0.15) is 39.0 Å². The van der Waals surface area contributed by atoms with E-state index in [9.17, 15) is 8.42 Å². The van der Waals surface area contributed by atoms with E-state index in [0.717, 1.165) is 19.3 Å². The van der Waals surface area contributed by atoms with E-state index in [-0.39, 0.29) is 17.5 Å². The van der Waals surface area contributed by atoms with Crippen LogP contribution in [0.3, 0.4) is 0 Å². The van der Waals surface area contributed by atoms with Gasteiger partial charge < -0.3 is 5.11 Å². The Labute approximate surface area is 126 Å². The molecule has 0 bridgehead atoms. The van der Waals surface area contributed by atoms with Crippen LogP contribution < -0.4 is 0 Å². The molecule has 1 aliphatic rings. The highest BCUT2D eigenvalue weighted by atomic mass is 32.2. The maximum Gasteiger partial charge on any atom is 0.246 e. The number of aromatic nitrogens is 2. The van der Waals surface area contributed by atoms with E-state index < -0.39 is 10.0 Å². The molecule has 1 heterocycles. The molecule has 0 saturated heterocycles. The number of aryl methyl sites for hydroxylation is 1. The van der Waals surface area contributed by atoms with Crippen molar-refractivity contribution in [3.8, 4) is 0 Å². The Balaban J connectivity index is 2.14. The van der Waals surface area contributed by atoms with E-state index in [1.165, 1.54) is 16.9 Å². The molecule has 1 fully saturated rings. The monoisotopic (exact) mass is 315 g/mol. The summed E-state index contributed by atoms with van der Waals surface area (Å²) in [7, 11) is -1.81. The summed E-state index contributed by atoms with van der Waals surface area (Å²) in [5.74, 6) is 0.392. The molecule has 0 spiro atoms. The molecule has 2 rings (SSSR count). The summed E-state index contributed by atoms with van der Waals surface area (Å²) in [4.78, 5) is 0.237. The zero-order valence-electron chi connectivity index (χ0n) is 12.8. The molecular weight excluding hydrogens is 290 g/mol. The van der Waals surface area contributed by atoms with Crippen LogP contribution in [-0.4, -0.2) is 47.3 Å². The Morgan fingerprint density at radius 3 is 2.81 bits per heavy atom. The number of aliphatic hydroxyl groups is 1. The average Bonchev–Trinajstić information content (AvgIpc) is 2.94. The van der Waals surface area contributed by atoms with Gasteiger partial charge in [-0.25, -0.2) is 8.42 Å². The van der Waals surface area contributed by atoms with Crippen LogP contribution in [0, 0.1) is 5.92 Å². The van der Waals surface area contributed by atoms with Crippen LogP contribution >= 0.6 is 0 Å². The summed E-state index contributed by atoms with van der Waals surface area (Å²) in [5.41, 5.74) is 0. The van der Waals surface area contributed by atoms with Gasteiger partial charge in [-0.15, -0.1) is 0 Å². The molecule has 1 aliphatic carbocycles. The van der Waals surface area contributed by atoms with Crippen LogP contribution in [0.5, 0.6) is 0 Å². The lowest BCUT2D eigenvalue weighted by Crippen LogP contribution is -2.42. The SMILES string of the molecule is CC1CCCCC1N(C)S(=O)(=O)c1cnn(CCCO)c1. The van der Waals surface area contributed by atoms with Gasteiger partial charge in [0.15, 0.2) is 0 Å². The Morgan fingerprint density at radius 1 is 1.43 bits per heavy atom. The average molecular weight is 315 g/mol. The number of hydrogen-bond donors (Lipinski definition) is 1. The molecule has 1 saturated carbocycles. The molecule has 0 aromatic carbocycles. The highest BCUT2D eigenvalue weighted by Gasteiger charge is 2.33. The van der Waals surface area contributed by atoms with Gasteiger partial charge in [0.1, 0.15) is 4.90 Å². The molecular formula is C14H25N3O3S. The first-order valence-electron chi connectivity index (χ1n) is 7.58. The quantitative estimate of drug-likeness (QED) is 0.862. The van der Waals surface area contributed by atoms with E-state index in [4.69, 9.17) is 5.11 Å². The second kappa shape index (κ2) is 6.89. The number of aliphatic hydroxyl groups excluding tert-OH is 1. The standard InChI is InChI=1S/C14H25N3O3S/c1-12-6-3-4-7-14(12)16(2)21(19,20)13-10-15-17(11-13)8-5-9-18/h10-12,14,18H,3-9H2,1-2H3. The maximum absolute atomic E-state index is 12.7. The number of rotatable bonds is 6. The third kappa shape index (κ3) is 3.64. The fourth-order valence-corrected chi connectivity index (χ4v) is 4.45. The van der Waals surface area contributed by atoms with Crippen LogP contribution in [0.4, 0.5) is 0 Å². The van der Waals surface area contributed by atoms with Gasteiger partial charge in [-0.05, 0) is 25.2 Å². The van der Waals surface area contributed by atoms with E-state index in [0.29, 0.717) is 18.9 Å². The topological polar surface area (TPSA) is 75.4 Å². The summed E-state index contributed by atoms with van der Waals surface area (Å²) in [6.07, 6.45) is 7.80. The van der Waals surface area contributed by atoms with E-state index in [2.05, 4.69) is 12.0 Å². The smallest absolute Gasteiger partial charge is 0.246 e. The fraction of sp³-hybridized carbons (Fsp3) is 0.786. The molecule has 2 unspecified atom stereocenters. The van der Waals surface area contributed by atoms with E-state index >= 15 is 0 Å². The fourth-order valence-electron chi connectivity index (χ4n) is 3.01. The van der Waals surface area contributed by atoms with Crippen molar-refractivity contribution in [2.24, 2.45) is 5.92 Å². The lowest BCUT2D eigenvalue weighted by atomic mass is 9.86. The molecule has 0 aliphatic heterocycles. The maximum atomic E-state index is 12.7. The van der Waals surface area contributed by atoms with Crippen molar-refractivity contribution < 1.29 is 13.5 Å². The van der Waals surface area contributed by atoms with Crippen molar-refractivity contribution in [1.29, 1.82) is 0 Å².